The van der Waals surface area contributed by atoms with Crippen LogP contribution in [0, 0.1) is 0 Å². The molecule has 0 spiro atoms. The van der Waals surface area contributed by atoms with Gasteiger partial charge in [0.05, 0.1) is 12.2 Å². The third-order valence-electron chi connectivity index (χ3n) is 3.32. The number of thiophene rings is 1. The maximum absolute atomic E-state index is 11.8. The number of hydrogen-bond donors (Lipinski definition) is 1. The first-order valence-corrected chi connectivity index (χ1v) is 8.32. The number of carbonyl (C=O) groups is 1. The molecule has 0 unspecified atom stereocenters. The van der Waals surface area contributed by atoms with Crippen molar-refractivity contribution in [3.63, 3.8) is 0 Å². The van der Waals surface area contributed by atoms with Crippen molar-refractivity contribution in [2.24, 2.45) is 0 Å². The Labute approximate surface area is 139 Å². The molecule has 116 valence electrons. The minimum atomic E-state index is -0.0981. The molecule has 1 amide bonds. The maximum Gasteiger partial charge on any atom is 0.244 e. The second kappa shape index (κ2) is 7.56. The van der Waals surface area contributed by atoms with Crippen molar-refractivity contribution in [1.82, 2.24) is 15.1 Å². The summed E-state index contributed by atoms with van der Waals surface area (Å²) in [7, 11) is 0. The van der Waals surface area contributed by atoms with Gasteiger partial charge in [-0.3, -0.25) is 9.48 Å². The van der Waals surface area contributed by atoms with Gasteiger partial charge in [0, 0.05) is 29.8 Å². The van der Waals surface area contributed by atoms with E-state index in [4.69, 9.17) is 0 Å². The first kappa shape index (κ1) is 15.2. The van der Waals surface area contributed by atoms with E-state index in [1.54, 1.807) is 23.5 Å². The molecular weight excluding hydrogens is 306 g/mol. The fourth-order valence-corrected chi connectivity index (χ4v) is 2.79. The lowest BCUT2D eigenvalue weighted by atomic mass is 10.2. The number of carbonyl (C=O) groups excluding carboxylic acids is 1. The highest BCUT2D eigenvalue weighted by Gasteiger charge is 2.02. The van der Waals surface area contributed by atoms with Crippen molar-refractivity contribution in [2.75, 3.05) is 6.54 Å². The molecule has 23 heavy (non-hydrogen) atoms. The summed E-state index contributed by atoms with van der Waals surface area (Å²) >= 11 is 1.66. The van der Waals surface area contributed by atoms with Crippen LogP contribution in [0.15, 0.2) is 65.5 Å². The predicted molar refractivity (Wildman–Crippen MR) is 94.0 cm³/mol. The van der Waals surface area contributed by atoms with E-state index in [2.05, 4.69) is 15.8 Å². The van der Waals surface area contributed by atoms with Crippen LogP contribution < -0.4 is 5.32 Å². The van der Waals surface area contributed by atoms with Crippen LogP contribution in [-0.2, 0) is 11.3 Å². The van der Waals surface area contributed by atoms with Gasteiger partial charge in [-0.05, 0) is 29.2 Å². The van der Waals surface area contributed by atoms with Crippen molar-refractivity contribution in [2.45, 2.75) is 6.54 Å². The van der Waals surface area contributed by atoms with E-state index in [1.165, 1.54) is 0 Å². The smallest absolute Gasteiger partial charge is 0.244 e. The van der Waals surface area contributed by atoms with Crippen LogP contribution in [0.4, 0.5) is 0 Å². The van der Waals surface area contributed by atoms with Crippen LogP contribution in [0.2, 0.25) is 0 Å². The molecule has 4 nitrogen and oxygen atoms in total. The Morgan fingerprint density at radius 1 is 1.22 bits per heavy atom. The molecule has 0 fully saturated rings. The number of nitrogens with zero attached hydrogens (tertiary/aromatic N) is 2. The van der Waals surface area contributed by atoms with Crippen LogP contribution in [-0.4, -0.2) is 22.2 Å². The number of rotatable bonds is 6. The van der Waals surface area contributed by atoms with E-state index in [-0.39, 0.29) is 5.91 Å². The standard InChI is InChI=1S/C18H17N3OS/c22-18(7-6-15-4-2-1-3-5-15)19-10-12-21-11-8-17(20-21)16-9-13-23-14-16/h1-9,11,13-14H,10,12H2,(H,19,22). The molecule has 0 aliphatic rings. The van der Waals surface area contributed by atoms with Gasteiger partial charge < -0.3 is 5.32 Å². The Morgan fingerprint density at radius 3 is 2.87 bits per heavy atom. The van der Waals surface area contributed by atoms with Crippen LogP contribution in [0.1, 0.15) is 5.56 Å². The van der Waals surface area contributed by atoms with Gasteiger partial charge in [-0.25, -0.2) is 0 Å². The van der Waals surface area contributed by atoms with Gasteiger partial charge in [-0.15, -0.1) is 0 Å². The van der Waals surface area contributed by atoms with Crippen LogP contribution in [0.5, 0.6) is 0 Å². The zero-order valence-electron chi connectivity index (χ0n) is 12.6. The SMILES string of the molecule is O=C(C=Cc1ccccc1)NCCn1ccc(-c2ccsc2)n1. The molecule has 0 atom stereocenters. The van der Waals surface area contributed by atoms with Gasteiger partial charge in [0.1, 0.15) is 0 Å². The average Bonchev–Trinajstić information content (AvgIpc) is 3.25. The van der Waals surface area contributed by atoms with E-state index in [0.717, 1.165) is 16.8 Å². The first-order chi connectivity index (χ1) is 11.3. The third-order valence-corrected chi connectivity index (χ3v) is 4.01. The summed E-state index contributed by atoms with van der Waals surface area (Å²) in [5.74, 6) is -0.0981. The quantitative estimate of drug-likeness (QED) is 0.706. The Hall–Kier alpha value is -2.66. The lowest BCUT2D eigenvalue weighted by Gasteiger charge is -2.02. The van der Waals surface area contributed by atoms with Crippen molar-refractivity contribution in [1.29, 1.82) is 0 Å². The fraction of sp³-hybridized carbons (Fsp3) is 0.111. The Morgan fingerprint density at radius 2 is 2.09 bits per heavy atom. The average molecular weight is 323 g/mol. The van der Waals surface area contributed by atoms with Gasteiger partial charge in [-0.2, -0.15) is 16.4 Å². The first-order valence-electron chi connectivity index (χ1n) is 7.38. The molecule has 3 aromatic rings. The van der Waals surface area contributed by atoms with Crippen molar-refractivity contribution < 1.29 is 4.79 Å². The predicted octanol–water partition coefficient (Wildman–Crippen LogP) is 3.44. The van der Waals surface area contributed by atoms with E-state index in [1.807, 2.05) is 58.7 Å². The van der Waals surface area contributed by atoms with Crippen molar-refractivity contribution in [3.8, 4) is 11.3 Å². The number of hydrogen-bond acceptors (Lipinski definition) is 3. The summed E-state index contributed by atoms with van der Waals surface area (Å²) in [5.41, 5.74) is 3.10. The molecule has 2 heterocycles. The minimum absolute atomic E-state index is 0.0981. The van der Waals surface area contributed by atoms with Gasteiger partial charge >= 0.3 is 0 Å². The largest absolute Gasteiger partial charge is 0.351 e. The van der Waals surface area contributed by atoms with Gasteiger partial charge in [-0.1, -0.05) is 30.3 Å². The monoisotopic (exact) mass is 323 g/mol. The number of amides is 1. The Bertz CT molecular complexity index is 776. The van der Waals surface area contributed by atoms with E-state index in [0.29, 0.717) is 13.1 Å². The summed E-state index contributed by atoms with van der Waals surface area (Å²) < 4.78 is 1.84. The summed E-state index contributed by atoms with van der Waals surface area (Å²) in [4.78, 5) is 11.8. The highest BCUT2D eigenvalue weighted by molar-refractivity contribution is 7.08. The molecule has 1 aromatic carbocycles. The van der Waals surface area contributed by atoms with E-state index < -0.39 is 0 Å². The highest BCUT2D eigenvalue weighted by atomic mass is 32.1. The van der Waals surface area contributed by atoms with Crippen LogP contribution in [0.3, 0.4) is 0 Å². The molecule has 3 rings (SSSR count). The lowest BCUT2D eigenvalue weighted by molar-refractivity contribution is -0.116. The number of nitrogens with one attached hydrogen (secondary N) is 1. The normalized spacial score (nSPS) is 11.0. The van der Waals surface area contributed by atoms with Gasteiger partial charge in [0.2, 0.25) is 5.91 Å². The Balaban J connectivity index is 1.46. The highest BCUT2D eigenvalue weighted by Crippen LogP contribution is 2.19. The topological polar surface area (TPSA) is 46.9 Å². The van der Waals surface area contributed by atoms with Crippen molar-refractivity contribution in [3.05, 3.63) is 71.1 Å². The molecule has 0 radical (unpaired) electrons. The van der Waals surface area contributed by atoms with E-state index >= 15 is 0 Å². The van der Waals surface area contributed by atoms with Gasteiger partial charge in [0.15, 0.2) is 0 Å². The van der Waals surface area contributed by atoms with Crippen LogP contribution in [0.25, 0.3) is 17.3 Å². The molecule has 0 bridgehead atoms. The summed E-state index contributed by atoms with van der Waals surface area (Å²) in [6.45, 7) is 1.19. The van der Waals surface area contributed by atoms with Crippen LogP contribution >= 0.6 is 11.3 Å². The Kier molecular flexibility index (Phi) is 5.01. The van der Waals surface area contributed by atoms with E-state index in [9.17, 15) is 4.79 Å². The fourth-order valence-electron chi connectivity index (χ4n) is 2.14. The molecular formula is C18H17N3OS. The number of aromatic nitrogens is 2. The molecule has 0 saturated heterocycles. The number of benzene rings is 1. The maximum atomic E-state index is 11.8. The second-order valence-electron chi connectivity index (χ2n) is 5.01. The lowest BCUT2D eigenvalue weighted by Crippen LogP contribution is -2.25. The third kappa shape index (κ3) is 4.40. The van der Waals surface area contributed by atoms with Gasteiger partial charge in [0.25, 0.3) is 0 Å². The summed E-state index contributed by atoms with van der Waals surface area (Å²) in [6.07, 6.45) is 5.28. The molecule has 0 saturated carbocycles. The van der Waals surface area contributed by atoms with Crippen molar-refractivity contribution >= 4 is 23.3 Å². The molecule has 0 aliphatic heterocycles. The molecule has 1 N–H and O–H groups in total. The second-order valence-corrected chi connectivity index (χ2v) is 5.79. The summed E-state index contributed by atoms with van der Waals surface area (Å²) in [5, 5.41) is 11.5. The zero-order chi connectivity index (χ0) is 15.9. The molecule has 0 aliphatic carbocycles. The minimum Gasteiger partial charge on any atom is -0.351 e. The molecule has 5 heteroatoms. The summed E-state index contributed by atoms with van der Waals surface area (Å²) in [6, 6.07) is 13.8. The zero-order valence-corrected chi connectivity index (χ0v) is 13.4. The molecule has 2 aromatic heterocycles.